The molecule has 0 aromatic carbocycles. The summed E-state index contributed by atoms with van der Waals surface area (Å²) in [6.45, 7) is 5.77. The molecule has 6 heteroatoms. The van der Waals surface area contributed by atoms with Crippen LogP contribution in [0.4, 0.5) is 0 Å². The number of rotatable bonds is 3. The third-order valence-electron chi connectivity index (χ3n) is 1.72. The van der Waals surface area contributed by atoms with Gasteiger partial charge >= 0.3 is 11.9 Å². The van der Waals surface area contributed by atoms with Gasteiger partial charge in [0.1, 0.15) is 4.88 Å². The van der Waals surface area contributed by atoms with Crippen LogP contribution in [0.2, 0.25) is 0 Å². The number of carboxylic acids is 1. The summed E-state index contributed by atoms with van der Waals surface area (Å²) in [5.41, 5.74) is 0.382. The average Bonchev–Trinajstić information content (AvgIpc) is 2.74. The van der Waals surface area contributed by atoms with E-state index in [-0.39, 0.29) is 10.6 Å². The molecule has 16 heavy (non-hydrogen) atoms. The van der Waals surface area contributed by atoms with Crippen LogP contribution in [-0.4, -0.2) is 28.5 Å². The lowest BCUT2D eigenvalue weighted by Gasteiger charge is -1.98. The van der Waals surface area contributed by atoms with E-state index >= 15 is 0 Å². The highest BCUT2D eigenvalue weighted by Gasteiger charge is 2.22. The second-order valence-electron chi connectivity index (χ2n) is 2.49. The highest BCUT2D eigenvalue weighted by atomic mass is 32.1. The van der Waals surface area contributed by atoms with Gasteiger partial charge in [-0.2, -0.15) is 4.37 Å². The Morgan fingerprint density at radius 1 is 1.44 bits per heavy atom. The van der Waals surface area contributed by atoms with Crippen LogP contribution in [0, 0.1) is 0 Å². The smallest absolute Gasteiger partial charge is 0.355 e. The van der Waals surface area contributed by atoms with Gasteiger partial charge in [0, 0.05) is 5.56 Å². The number of carbonyl (C=O) groups excluding carboxylic acids is 1. The number of carbonyl (C=O) groups is 2. The molecule has 5 nitrogen and oxygen atoms in total. The average molecular weight is 245 g/mol. The molecule has 0 aliphatic carbocycles. The lowest BCUT2D eigenvalue weighted by atomic mass is 10.1. The zero-order valence-corrected chi connectivity index (χ0v) is 10.6. The monoisotopic (exact) mass is 245 g/mol. The number of hydrogen-bond donors (Lipinski definition) is 1. The van der Waals surface area contributed by atoms with Crippen LogP contribution >= 0.6 is 11.5 Å². The number of aromatic carboxylic acids is 1. The fourth-order valence-corrected chi connectivity index (χ4v) is 1.94. The van der Waals surface area contributed by atoms with Crippen molar-refractivity contribution in [3.8, 4) is 0 Å². The predicted molar refractivity (Wildman–Crippen MR) is 61.1 cm³/mol. The summed E-state index contributed by atoms with van der Waals surface area (Å²) in [6.07, 6.45) is 0.447. The Bertz CT molecular complexity index is 373. The fourth-order valence-electron chi connectivity index (χ4n) is 1.06. The van der Waals surface area contributed by atoms with E-state index in [9.17, 15) is 9.59 Å². The van der Waals surface area contributed by atoms with Gasteiger partial charge in [0.05, 0.1) is 7.11 Å². The van der Waals surface area contributed by atoms with Gasteiger partial charge < -0.3 is 9.84 Å². The Balaban J connectivity index is 0.00000106. The summed E-state index contributed by atoms with van der Waals surface area (Å²) in [4.78, 5) is 22.2. The second kappa shape index (κ2) is 6.95. The SMILES string of the molecule is CC.CCc1c(C(=O)O)nsc1C(=O)OC. The number of hydrogen-bond acceptors (Lipinski definition) is 5. The minimum absolute atomic E-state index is 0.0575. The van der Waals surface area contributed by atoms with E-state index in [1.165, 1.54) is 7.11 Å². The first-order valence-corrected chi connectivity index (χ1v) is 5.69. The zero-order chi connectivity index (χ0) is 12.7. The van der Waals surface area contributed by atoms with E-state index in [1.54, 1.807) is 6.92 Å². The summed E-state index contributed by atoms with van der Waals surface area (Å²) in [5.74, 6) is -1.65. The standard InChI is InChI=1S/C8H9NO4S.C2H6/c1-3-4-5(7(10)11)9-14-6(4)8(12)13-2;1-2/h3H2,1-2H3,(H,10,11);1-2H3. The summed E-state index contributed by atoms with van der Waals surface area (Å²) in [5, 5.41) is 8.76. The number of methoxy groups -OCH3 is 1. The van der Waals surface area contributed by atoms with Gasteiger partial charge in [-0.15, -0.1) is 0 Å². The van der Waals surface area contributed by atoms with Gasteiger partial charge in [0.25, 0.3) is 0 Å². The van der Waals surface area contributed by atoms with Crippen LogP contribution in [0.1, 0.15) is 46.5 Å². The Kier molecular flexibility index (Phi) is 6.32. The van der Waals surface area contributed by atoms with Crippen LogP contribution in [0.15, 0.2) is 0 Å². The number of carboxylic acid groups (broad SMARTS) is 1. The molecule has 1 aromatic rings. The third kappa shape index (κ3) is 3.03. The van der Waals surface area contributed by atoms with E-state index in [0.717, 1.165) is 11.5 Å². The molecular formula is C10H15NO4S. The van der Waals surface area contributed by atoms with Crippen LogP contribution in [0.5, 0.6) is 0 Å². The van der Waals surface area contributed by atoms with Crippen molar-refractivity contribution >= 4 is 23.5 Å². The Hall–Kier alpha value is -1.43. The molecule has 0 saturated carbocycles. The molecule has 0 atom stereocenters. The topological polar surface area (TPSA) is 76.5 Å². The molecule has 0 bridgehead atoms. The molecule has 0 aliphatic rings. The molecule has 0 amide bonds. The van der Waals surface area contributed by atoms with Crippen LogP contribution in [0.25, 0.3) is 0 Å². The quantitative estimate of drug-likeness (QED) is 0.826. The first-order chi connectivity index (χ1) is 7.61. The lowest BCUT2D eigenvalue weighted by molar-refractivity contribution is 0.0605. The minimum atomic E-state index is -1.12. The number of ether oxygens (including phenoxy) is 1. The van der Waals surface area contributed by atoms with Gasteiger partial charge in [-0.1, -0.05) is 20.8 Å². The van der Waals surface area contributed by atoms with Gasteiger partial charge in [0.2, 0.25) is 0 Å². The normalized spacial score (nSPS) is 9.00. The summed E-state index contributed by atoms with van der Waals surface area (Å²) >= 11 is 0.856. The van der Waals surface area contributed by atoms with Gasteiger partial charge in [0.15, 0.2) is 5.69 Å². The second-order valence-corrected chi connectivity index (χ2v) is 3.26. The third-order valence-corrected chi connectivity index (χ3v) is 2.58. The van der Waals surface area contributed by atoms with Gasteiger partial charge in [-0.3, -0.25) is 0 Å². The van der Waals surface area contributed by atoms with E-state index in [0.29, 0.717) is 12.0 Å². The maximum Gasteiger partial charge on any atom is 0.355 e. The predicted octanol–water partition coefficient (Wildman–Crippen LogP) is 2.22. The van der Waals surface area contributed by atoms with Crippen LogP contribution in [0.3, 0.4) is 0 Å². The molecule has 0 radical (unpaired) electrons. The molecule has 90 valence electrons. The molecule has 0 spiro atoms. The minimum Gasteiger partial charge on any atom is -0.476 e. The van der Waals surface area contributed by atoms with Crippen LogP contribution in [-0.2, 0) is 11.2 Å². The van der Waals surface area contributed by atoms with Crippen molar-refractivity contribution in [2.45, 2.75) is 27.2 Å². The molecule has 1 heterocycles. The van der Waals surface area contributed by atoms with Crippen molar-refractivity contribution in [2.24, 2.45) is 0 Å². The molecule has 0 unspecified atom stereocenters. The molecule has 1 N–H and O–H groups in total. The van der Waals surface area contributed by atoms with Crippen molar-refractivity contribution in [3.63, 3.8) is 0 Å². The Labute approximate surface area is 98.2 Å². The summed E-state index contributed by atoms with van der Waals surface area (Å²) < 4.78 is 8.21. The van der Waals surface area contributed by atoms with Gasteiger partial charge in [-0.25, -0.2) is 9.59 Å². The van der Waals surface area contributed by atoms with Crippen LogP contribution < -0.4 is 0 Å². The molecule has 0 saturated heterocycles. The van der Waals surface area contributed by atoms with Crippen molar-refractivity contribution in [1.29, 1.82) is 0 Å². The van der Waals surface area contributed by atoms with Crippen molar-refractivity contribution in [3.05, 3.63) is 16.1 Å². The van der Waals surface area contributed by atoms with E-state index < -0.39 is 11.9 Å². The fraction of sp³-hybridized carbons (Fsp3) is 0.500. The van der Waals surface area contributed by atoms with E-state index in [4.69, 9.17) is 5.11 Å². The first kappa shape index (κ1) is 14.6. The number of nitrogens with zero attached hydrogens (tertiary/aromatic N) is 1. The summed E-state index contributed by atoms with van der Waals surface area (Å²) in [7, 11) is 1.25. The maximum atomic E-state index is 11.2. The Morgan fingerprint density at radius 3 is 2.38 bits per heavy atom. The number of aromatic nitrogens is 1. The lowest BCUT2D eigenvalue weighted by Crippen LogP contribution is -2.05. The molecule has 0 fully saturated rings. The maximum absolute atomic E-state index is 11.2. The zero-order valence-electron chi connectivity index (χ0n) is 9.73. The molecule has 1 aromatic heterocycles. The number of esters is 1. The molecule has 0 aliphatic heterocycles. The highest BCUT2D eigenvalue weighted by Crippen LogP contribution is 2.20. The molecular weight excluding hydrogens is 230 g/mol. The van der Waals surface area contributed by atoms with E-state index in [2.05, 4.69) is 9.11 Å². The first-order valence-electron chi connectivity index (χ1n) is 4.92. The van der Waals surface area contributed by atoms with Crippen molar-refractivity contribution < 1.29 is 19.4 Å². The molecule has 1 rings (SSSR count). The highest BCUT2D eigenvalue weighted by molar-refractivity contribution is 7.08. The largest absolute Gasteiger partial charge is 0.476 e. The van der Waals surface area contributed by atoms with Gasteiger partial charge in [-0.05, 0) is 18.0 Å². The van der Waals surface area contributed by atoms with Crippen molar-refractivity contribution in [1.82, 2.24) is 4.37 Å². The van der Waals surface area contributed by atoms with E-state index in [1.807, 2.05) is 13.8 Å². The van der Waals surface area contributed by atoms with Crippen molar-refractivity contribution in [2.75, 3.05) is 7.11 Å². The summed E-state index contributed by atoms with van der Waals surface area (Å²) in [6, 6.07) is 0. The Morgan fingerprint density at radius 2 is 2.00 bits per heavy atom.